The van der Waals surface area contributed by atoms with Crippen LogP contribution >= 0.6 is 11.6 Å². The van der Waals surface area contributed by atoms with Crippen LogP contribution in [0.1, 0.15) is 6.92 Å². The molecule has 0 spiro atoms. The quantitative estimate of drug-likeness (QED) is 0.665. The Morgan fingerprint density at radius 2 is 2.00 bits per heavy atom. The molecule has 0 aromatic heterocycles. The topological polar surface area (TPSA) is 114 Å². The van der Waals surface area contributed by atoms with Gasteiger partial charge in [-0.2, -0.15) is 4.31 Å². The number of ether oxygens (including phenoxy) is 2. The van der Waals surface area contributed by atoms with E-state index in [-0.39, 0.29) is 33.9 Å². The lowest BCUT2D eigenvalue weighted by Gasteiger charge is -2.22. The molecule has 11 heteroatoms. The number of rotatable bonds is 7. The highest BCUT2D eigenvalue weighted by Gasteiger charge is 2.28. The lowest BCUT2D eigenvalue weighted by atomic mass is 10.2. The molecule has 0 aliphatic carbocycles. The van der Waals surface area contributed by atoms with Crippen molar-refractivity contribution in [1.29, 1.82) is 0 Å². The van der Waals surface area contributed by atoms with Crippen molar-refractivity contribution in [3.63, 3.8) is 0 Å². The SMILES string of the molecule is CCOc1ccc(NC(=O)CN(C)S(=O)(=O)c2cc3c(cc2Cl)NC(=O)CO3)cc1. The molecule has 160 valence electrons. The van der Waals surface area contributed by atoms with E-state index in [9.17, 15) is 18.0 Å². The standard InChI is InChI=1S/C19H20ClN3O6S/c1-3-28-13-6-4-12(5-7-13)21-18(24)10-23(2)30(26,27)17-9-16-15(8-14(17)20)22-19(25)11-29-16/h4-9H,3,10-11H2,1-2H3,(H,21,24)(H,22,25). The molecule has 0 radical (unpaired) electrons. The maximum Gasteiger partial charge on any atom is 0.262 e. The average Bonchev–Trinajstić information content (AvgIpc) is 2.68. The van der Waals surface area contributed by atoms with E-state index >= 15 is 0 Å². The largest absolute Gasteiger partial charge is 0.494 e. The predicted molar refractivity (Wildman–Crippen MR) is 112 cm³/mol. The van der Waals surface area contributed by atoms with Crippen molar-refractivity contribution in [2.75, 3.05) is 37.4 Å². The number of benzene rings is 2. The van der Waals surface area contributed by atoms with E-state index in [1.807, 2.05) is 6.92 Å². The van der Waals surface area contributed by atoms with Crippen LogP contribution in [-0.2, 0) is 19.6 Å². The molecule has 2 N–H and O–H groups in total. The van der Waals surface area contributed by atoms with Crippen LogP contribution in [0.15, 0.2) is 41.3 Å². The van der Waals surface area contributed by atoms with Crippen LogP contribution in [-0.4, -0.2) is 51.3 Å². The predicted octanol–water partition coefficient (Wildman–Crippen LogP) is 2.33. The van der Waals surface area contributed by atoms with E-state index in [0.29, 0.717) is 18.0 Å². The first-order valence-electron chi connectivity index (χ1n) is 8.96. The monoisotopic (exact) mass is 453 g/mol. The first kappa shape index (κ1) is 21.9. The number of amides is 2. The smallest absolute Gasteiger partial charge is 0.262 e. The zero-order valence-electron chi connectivity index (χ0n) is 16.3. The second kappa shape index (κ2) is 8.90. The van der Waals surface area contributed by atoms with Gasteiger partial charge in [-0.15, -0.1) is 0 Å². The van der Waals surface area contributed by atoms with Crippen LogP contribution in [0.25, 0.3) is 0 Å². The fourth-order valence-electron chi connectivity index (χ4n) is 2.74. The molecule has 0 bridgehead atoms. The Bertz CT molecular complexity index is 1070. The lowest BCUT2D eigenvalue weighted by molar-refractivity contribution is -0.118. The highest BCUT2D eigenvalue weighted by atomic mass is 35.5. The second-order valence-corrected chi connectivity index (χ2v) is 8.80. The molecule has 2 amide bonds. The summed E-state index contributed by atoms with van der Waals surface area (Å²) in [6.45, 7) is 1.73. The van der Waals surface area contributed by atoms with Gasteiger partial charge < -0.3 is 20.1 Å². The molecular formula is C19H20ClN3O6S. The number of hydrogen-bond acceptors (Lipinski definition) is 6. The maximum atomic E-state index is 12.9. The van der Waals surface area contributed by atoms with E-state index in [2.05, 4.69) is 10.6 Å². The fourth-order valence-corrected chi connectivity index (χ4v) is 4.38. The summed E-state index contributed by atoms with van der Waals surface area (Å²) >= 11 is 6.12. The van der Waals surface area contributed by atoms with Crippen LogP contribution in [0.5, 0.6) is 11.5 Å². The molecule has 30 heavy (non-hydrogen) atoms. The van der Waals surface area contributed by atoms with Gasteiger partial charge in [-0.25, -0.2) is 8.42 Å². The Hall–Kier alpha value is -2.82. The fraction of sp³-hybridized carbons (Fsp3) is 0.263. The van der Waals surface area contributed by atoms with E-state index in [0.717, 1.165) is 4.31 Å². The van der Waals surface area contributed by atoms with Crippen LogP contribution in [0.3, 0.4) is 0 Å². The molecule has 0 fully saturated rings. The summed E-state index contributed by atoms with van der Waals surface area (Å²) in [5, 5.41) is 5.08. The number of hydrogen-bond donors (Lipinski definition) is 2. The number of likely N-dealkylation sites (N-methyl/N-ethyl adjacent to an activating group) is 1. The van der Waals surface area contributed by atoms with E-state index in [1.165, 1.54) is 19.2 Å². The van der Waals surface area contributed by atoms with Crippen LogP contribution in [0.2, 0.25) is 5.02 Å². The van der Waals surface area contributed by atoms with Crippen molar-refractivity contribution in [1.82, 2.24) is 4.31 Å². The lowest BCUT2D eigenvalue weighted by Crippen LogP contribution is -2.35. The zero-order valence-corrected chi connectivity index (χ0v) is 17.8. The molecule has 3 rings (SSSR count). The van der Waals surface area contributed by atoms with Gasteiger partial charge in [0.15, 0.2) is 6.61 Å². The van der Waals surface area contributed by atoms with Gasteiger partial charge in [-0.05, 0) is 37.3 Å². The Balaban J connectivity index is 1.72. The van der Waals surface area contributed by atoms with Crippen LogP contribution in [0.4, 0.5) is 11.4 Å². The number of carbonyl (C=O) groups excluding carboxylic acids is 2. The van der Waals surface area contributed by atoms with Crippen molar-refractivity contribution in [3.05, 3.63) is 41.4 Å². The van der Waals surface area contributed by atoms with E-state index in [4.69, 9.17) is 21.1 Å². The van der Waals surface area contributed by atoms with Crippen molar-refractivity contribution in [2.45, 2.75) is 11.8 Å². The molecule has 0 saturated carbocycles. The van der Waals surface area contributed by atoms with Gasteiger partial charge in [0.2, 0.25) is 15.9 Å². The minimum absolute atomic E-state index is 0.0988. The third-order valence-corrected chi connectivity index (χ3v) is 6.44. The molecule has 0 unspecified atom stereocenters. The summed E-state index contributed by atoms with van der Waals surface area (Å²) < 4.78 is 37.3. The Morgan fingerprint density at radius 3 is 2.67 bits per heavy atom. The summed E-state index contributed by atoms with van der Waals surface area (Å²) in [5.74, 6) is -0.0412. The van der Waals surface area contributed by atoms with Gasteiger partial charge in [0.25, 0.3) is 5.91 Å². The van der Waals surface area contributed by atoms with Crippen molar-refractivity contribution in [2.24, 2.45) is 0 Å². The minimum Gasteiger partial charge on any atom is -0.494 e. The van der Waals surface area contributed by atoms with Crippen molar-refractivity contribution >= 4 is 44.8 Å². The maximum absolute atomic E-state index is 12.9. The Labute approximate surface area is 179 Å². The number of anilines is 2. The van der Waals surface area contributed by atoms with Gasteiger partial charge in [-0.3, -0.25) is 9.59 Å². The van der Waals surface area contributed by atoms with Crippen molar-refractivity contribution in [3.8, 4) is 11.5 Å². The average molecular weight is 454 g/mol. The van der Waals surface area contributed by atoms with Gasteiger partial charge in [0.05, 0.1) is 23.9 Å². The molecule has 2 aromatic rings. The second-order valence-electron chi connectivity index (χ2n) is 6.38. The summed E-state index contributed by atoms with van der Waals surface area (Å²) in [6, 6.07) is 9.24. The highest BCUT2D eigenvalue weighted by Crippen LogP contribution is 2.36. The highest BCUT2D eigenvalue weighted by molar-refractivity contribution is 7.89. The van der Waals surface area contributed by atoms with Crippen molar-refractivity contribution < 1.29 is 27.5 Å². The third-order valence-electron chi connectivity index (χ3n) is 4.17. The summed E-state index contributed by atoms with van der Waals surface area (Å²) in [7, 11) is -2.82. The first-order chi connectivity index (χ1) is 14.2. The minimum atomic E-state index is -4.09. The Kier molecular flexibility index (Phi) is 6.49. The third kappa shape index (κ3) is 4.84. The molecule has 0 saturated heterocycles. The molecule has 1 aliphatic heterocycles. The van der Waals surface area contributed by atoms with Gasteiger partial charge >= 0.3 is 0 Å². The van der Waals surface area contributed by atoms with Gasteiger partial charge in [0.1, 0.15) is 16.4 Å². The Morgan fingerprint density at radius 1 is 1.30 bits per heavy atom. The van der Waals surface area contributed by atoms with Gasteiger partial charge in [0, 0.05) is 18.8 Å². The summed E-state index contributed by atoms with van der Waals surface area (Å²) in [6.07, 6.45) is 0. The first-order valence-corrected chi connectivity index (χ1v) is 10.8. The summed E-state index contributed by atoms with van der Waals surface area (Å²) in [5.41, 5.74) is 0.788. The zero-order chi connectivity index (χ0) is 21.9. The van der Waals surface area contributed by atoms with E-state index < -0.39 is 22.5 Å². The number of fused-ring (bicyclic) bond motifs is 1. The van der Waals surface area contributed by atoms with Crippen LogP contribution < -0.4 is 20.1 Å². The number of halogens is 1. The number of carbonyl (C=O) groups is 2. The molecule has 2 aromatic carbocycles. The summed E-state index contributed by atoms with van der Waals surface area (Å²) in [4.78, 5) is 23.5. The normalized spacial score (nSPS) is 13.3. The number of sulfonamides is 1. The number of nitrogens with one attached hydrogen (secondary N) is 2. The molecule has 1 heterocycles. The van der Waals surface area contributed by atoms with E-state index in [1.54, 1.807) is 24.3 Å². The molecule has 9 nitrogen and oxygen atoms in total. The van der Waals surface area contributed by atoms with Gasteiger partial charge in [-0.1, -0.05) is 11.6 Å². The molecule has 1 aliphatic rings. The molecule has 0 atom stereocenters. The number of nitrogens with zero attached hydrogens (tertiary/aromatic N) is 1. The van der Waals surface area contributed by atoms with Crippen LogP contribution in [0, 0.1) is 0 Å². The molecular weight excluding hydrogens is 434 g/mol.